The lowest BCUT2D eigenvalue weighted by Crippen LogP contribution is -2.40. The van der Waals surface area contributed by atoms with Crippen molar-refractivity contribution in [1.29, 1.82) is 0 Å². The van der Waals surface area contributed by atoms with Gasteiger partial charge in [0.1, 0.15) is 11.5 Å². The first-order valence-corrected chi connectivity index (χ1v) is 13.5. The van der Waals surface area contributed by atoms with Gasteiger partial charge < -0.3 is 14.8 Å². The summed E-state index contributed by atoms with van der Waals surface area (Å²) in [6.45, 7) is 4.16. The van der Waals surface area contributed by atoms with Crippen LogP contribution in [-0.4, -0.2) is 24.2 Å². The summed E-state index contributed by atoms with van der Waals surface area (Å²) in [6, 6.07) is 21.1. The van der Waals surface area contributed by atoms with Crippen molar-refractivity contribution in [2.75, 3.05) is 19.0 Å². The molecule has 7 nitrogen and oxygen atoms in total. The molecule has 3 aromatic carbocycles. The Labute approximate surface area is 234 Å². The number of ether oxygens (including phenoxy) is 2. The molecule has 0 saturated heterocycles. The minimum absolute atomic E-state index is 0.264. The third kappa shape index (κ3) is 5.39. The molecule has 5 rings (SSSR count). The number of aromatic nitrogens is 1. The SMILES string of the molecule is CCOc1ccc(Cl)cc1/C=c1/sc2n(c1=O)[C@H](c1ccc(OC)cc1)C(C(=O)Nc1ccccc1)=C(C)N=2. The van der Waals surface area contributed by atoms with Crippen molar-refractivity contribution in [2.24, 2.45) is 4.99 Å². The highest BCUT2D eigenvalue weighted by atomic mass is 35.5. The summed E-state index contributed by atoms with van der Waals surface area (Å²) in [6.07, 6.45) is 1.76. The largest absolute Gasteiger partial charge is 0.497 e. The maximum absolute atomic E-state index is 13.9. The first kappa shape index (κ1) is 26.5. The summed E-state index contributed by atoms with van der Waals surface area (Å²) in [5.41, 5.74) is 2.76. The van der Waals surface area contributed by atoms with Gasteiger partial charge in [-0.25, -0.2) is 4.99 Å². The number of allylic oxidation sites excluding steroid dienone is 1. The minimum atomic E-state index is -0.691. The van der Waals surface area contributed by atoms with Crippen LogP contribution in [0.5, 0.6) is 11.5 Å². The van der Waals surface area contributed by atoms with Gasteiger partial charge in [0.2, 0.25) is 0 Å². The van der Waals surface area contributed by atoms with Crippen molar-refractivity contribution < 1.29 is 14.3 Å². The predicted octanol–water partition coefficient (Wildman–Crippen LogP) is 4.93. The van der Waals surface area contributed by atoms with Gasteiger partial charge in [-0.3, -0.25) is 14.2 Å². The molecule has 39 heavy (non-hydrogen) atoms. The number of nitrogens with one attached hydrogen (secondary N) is 1. The fraction of sp³-hybridized carbons (Fsp3) is 0.167. The molecule has 2 heterocycles. The number of para-hydroxylation sites is 1. The van der Waals surface area contributed by atoms with Crippen molar-refractivity contribution in [3.63, 3.8) is 0 Å². The maximum Gasteiger partial charge on any atom is 0.271 e. The summed E-state index contributed by atoms with van der Waals surface area (Å²) >= 11 is 7.51. The molecule has 9 heteroatoms. The Morgan fingerprint density at radius 3 is 2.56 bits per heavy atom. The van der Waals surface area contributed by atoms with Crippen LogP contribution < -0.4 is 29.7 Å². The van der Waals surface area contributed by atoms with E-state index in [1.165, 1.54) is 11.3 Å². The molecule has 0 bridgehead atoms. The lowest BCUT2D eigenvalue weighted by Gasteiger charge is -2.25. The highest BCUT2D eigenvalue weighted by Gasteiger charge is 2.32. The van der Waals surface area contributed by atoms with E-state index in [1.54, 1.807) is 42.9 Å². The van der Waals surface area contributed by atoms with E-state index >= 15 is 0 Å². The Hall–Kier alpha value is -4.14. The highest BCUT2D eigenvalue weighted by molar-refractivity contribution is 7.07. The number of rotatable bonds is 7. The van der Waals surface area contributed by atoms with Gasteiger partial charge in [-0.1, -0.05) is 53.3 Å². The van der Waals surface area contributed by atoms with Crippen LogP contribution in [0.1, 0.15) is 31.0 Å². The number of nitrogens with zero attached hydrogens (tertiary/aromatic N) is 2. The fourth-order valence-corrected chi connectivity index (χ4v) is 5.71. The first-order chi connectivity index (χ1) is 18.9. The van der Waals surface area contributed by atoms with Gasteiger partial charge in [0, 0.05) is 16.3 Å². The van der Waals surface area contributed by atoms with Crippen molar-refractivity contribution >= 4 is 40.6 Å². The molecule has 1 aromatic heterocycles. The van der Waals surface area contributed by atoms with Crippen LogP contribution in [0.2, 0.25) is 5.02 Å². The summed E-state index contributed by atoms with van der Waals surface area (Å²) in [4.78, 5) is 32.8. The zero-order valence-electron chi connectivity index (χ0n) is 21.6. The quantitative estimate of drug-likeness (QED) is 0.348. The molecule has 1 aliphatic rings. The van der Waals surface area contributed by atoms with E-state index in [0.29, 0.717) is 55.0 Å². The lowest BCUT2D eigenvalue weighted by molar-refractivity contribution is -0.113. The Balaban J connectivity index is 1.68. The van der Waals surface area contributed by atoms with E-state index in [2.05, 4.69) is 5.32 Å². The van der Waals surface area contributed by atoms with E-state index in [-0.39, 0.29) is 11.5 Å². The van der Waals surface area contributed by atoms with E-state index in [4.69, 9.17) is 26.1 Å². The number of benzene rings is 3. The second-order valence-corrected chi connectivity index (χ2v) is 10.2. The van der Waals surface area contributed by atoms with Gasteiger partial charge in [-0.2, -0.15) is 0 Å². The van der Waals surface area contributed by atoms with Crippen LogP contribution in [0.25, 0.3) is 6.08 Å². The molecular weight excluding hydrogens is 534 g/mol. The molecule has 0 fully saturated rings. The Bertz CT molecular complexity index is 1740. The number of hydrogen-bond acceptors (Lipinski definition) is 6. The van der Waals surface area contributed by atoms with Crippen LogP contribution in [0.3, 0.4) is 0 Å². The third-order valence-electron chi connectivity index (χ3n) is 6.29. The van der Waals surface area contributed by atoms with Crippen LogP contribution in [0.15, 0.2) is 93.9 Å². The Morgan fingerprint density at radius 1 is 1.13 bits per heavy atom. The highest BCUT2D eigenvalue weighted by Crippen LogP contribution is 2.32. The third-order valence-corrected chi connectivity index (χ3v) is 7.51. The van der Waals surface area contributed by atoms with Crippen molar-refractivity contribution in [2.45, 2.75) is 19.9 Å². The average Bonchev–Trinajstić information content (AvgIpc) is 3.24. The molecule has 198 valence electrons. The summed E-state index contributed by atoms with van der Waals surface area (Å²) in [5, 5.41) is 3.49. The van der Waals surface area contributed by atoms with Gasteiger partial charge >= 0.3 is 0 Å². The predicted molar refractivity (Wildman–Crippen MR) is 154 cm³/mol. The normalized spacial score (nSPS) is 15.0. The van der Waals surface area contributed by atoms with E-state index < -0.39 is 6.04 Å². The molecule has 1 amide bonds. The smallest absolute Gasteiger partial charge is 0.271 e. The molecule has 0 saturated carbocycles. The number of amides is 1. The summed E-state index contributed by atoms with van der Waals surface area (Å²) in [7, 11) is 1.59. The average molecular weight is 560 g/mol. The lowest BCUT2D eigenvalue weighted by atomic mass is 9.95. The number of anilines is 1. The van der Waals surface area contributed by atoms with Crippen LogP contribution in [0, 0.1) is 0 Å². The zero-order valence-corrected chi connectivity index (χ0v) is 23.2. The molecule has 0 spiro atoms. The minimum Gasteiger partial charge on any atom is -0.497 e. The number of halogens is 1. The van der Waals surface area contributed by atoms with Crippen molar-refractivity contribution in [3.05, 3.63) is 120 Å². The second-order valence-electron chi connectivity index (χ2n) is 8.79. The van der Waals surface area contributed by atoms with Crippen LogP contribution in [0.4, 0.5) is 5.69 Å². The van der Waals surface area contributed by atoms with Gasteiger partial charge in [0.05, 0.1) is 35.6 Å². The topological polar surface area (TPSA) is 81.9 Å². The maximum atomic E-state index is 13.9. The zero-order chi connectivity index (χ0) is 27.5. The molecule has 4 aromatic rings. The van der Waals surface area contributed by atoms with Gasteiger partial charge in [-0.15, -0.1) is 0 Å². The number of thiazole rings is 1. The second kappa shape index (κ2) is 11.3. The van der Waals surface area contributed by atoms with Crippen molar-refractivity contribution in [1.82, 2.24) is 4.57 Å². The summed E-state index contributed by atoms with van der Waals surface area (Å²) < 4.78 is 13.1. The standard InChI is InChI=1S/C30H26ClN3O4S/c1-4-38-24-15-12-21(31)16-20(24)17-25-29(36)34-27(19-10-13-23(37-3)14-11-19)26(18(2)32-30(34)39-25)28(35)33-22-8-6-5-7-9-22/h5-17,27H,4H2,1-3H3,(H,33,35)/b25-17+/t27-/m1/s1. The molecule has 1 aliphatic heterocycles. The summed E-state index contributed by atoms with van der Waals surface area (Å²) in [5.74, 6) is 0.969. The van der Waals surface area contributed by atoms with Gasteiger partial charge in [0.25, 0.3) is 11.5 Å². The molecular formula is C30H26ClN3O4S. The molecule has 0 aliphatic carbocycles. The monoisotopic (exact) mass is 559 g/mol. The number of hydrogen-bond donors (Lipinski definition) is 1. The fourth-order valence-electron chi connectivity index (χ4n) is 4.49. The number of carbonyl (C=O) groups excluding carboxylic acids is 1. The first-order valence-electron chi connectivity index (χ1n) is 12.3. The van der Waals surface area contributed by atoms with Gasteiger partial charge in [0.15, 0.2) is 4.80 Å². The van der Waals surface area contributed by atoms with Crippen LogP contribution in [-0.2, 0) is 4.79 Å². The molecule has 1 atom stereocenters. The molecule has 0 radical (unpaired) electrons. The van der Waals surface area contributed by atoms with E-state index in [9.17, 15) is 9.59 Å². The van der Waals surface area contributed by atoms with Crippen LogP contribution >= 0.6 is 22.9 Å². The van der Waals surface area contributed by atoms with Crippen molar-refractivity contribution in [3.8, 4) is 11.5 Å². The van der Waals surface area contributed by atoms with Gasteiger partial charge in [-0.05, 0) is 68.0 Å². The molecule has 0 unspecified atom stereocenters. The van der Waals surface area contributed by atoms with E-state index in [0.717, 1.165) is 5.56 Å². The Morgan fingerprint density at radius 2 is 1.87 bits per heavy atom. The Kier molecular flexibility index (Phi) is 7.67. The van der Waals surface area contributed by atoms with E-state index in [1.807, 2.05) is 61.5 Å². The number of methoxy groups -OCH3 is 1. The number of fused-ring (bicyclic) bond motifs is 1. The number of carbonyl (C=O) groups is 1. The molecule has 1 N–H and O–H groups in total.